The third-order valence-corrected chi connectivity index (χ3v) is 4.28. The third-order valence-electron chi connectivity index (χ3n) is 3.11. The van der Waals surface area contributed by atoms with Gasteiger partial charge in [0.25, 0.3) is 0 Å². The predicted octanol–water partition coefficient (Wildman–Crippen LogP) is 3.45. The van der Waals surface area contributed by atoms with Gasteiger partial charge in [-0.05, 0) is 24.1 Å². The first-order valence-corrected chi connectivity index (χ1v) is 7.01. The van der Waals surface area contributed by atoms with E-state index in [4.69, 9.17) is 15.2 Å². The molecule has 1 heterocycles. The molecule has 1 aromatic heterocycles. The van der Waals surface area contributed by atoms with E-state index >= 15 is 0 Å². The second-order valence-electron chi connectivity index (χ2n) is 4.17. The van der Waals surface area contributed by atoms with Crippen LogP contribution in [0.15, 0.2) is 18.2 Å². The summed E-state index contributed by atoms with van der Waals surface area (Å²) in [5, 5.41) is 9.88. The van der Waals surface area contributed by atoms with Crippen LogP contribution in [-0.4, -0.2) is 14.2 Å². The van der Waals surface area contributed by atoms with Crippen LogP contribution in [-0.2, 0) is 6.42 Å². The number of nitrogens with zero attached hydrogens (tertiary/aromatic N) is 1. The minimum absolute atomic E-state index is 0.541. The molecule has 0 saturated carbocycles. The van der Waals surface area contributed by atoms with Crippen LogP contribution in [0.5, 0.6) is 11.5 Å². The predicted molar refractivity (Wildman–Crippen MR) is 81.4 cm³/mol. The molecular weight excluding hydrogens is 272 g/mol. The number of anilines is 1. The van der Waals surface area contributed by atoms with Crippen LogP contribution in [0, 0.1) is 11.3 Å². The van der Waals surface area contributed by atoms with Gasteiger partial charge in [-0.2, -0.15) is 5.26 Å². The second-order valence-corrected chi connectivity index (χ2v) is 5.31. The Morgan fingerprint density at radius 1 is 1.25 bits per heavy atom. The summed E-state index contributed by atoms with van der Waals surface area (Å²) in [4.78, 5) is 1.10. The minimum atomic E-state index is 0.541. The Morgan fingerprint density at radius 2 is 1.95 bits per heavy atom. The molecule has 0 unspecified atom stereocenters. The lowest BCUT2D eigenvalue weighted by atomic mass is 10.0. The smallest absolute Gasteiger partial charge is 0.161 e. The second kappa shape index (κ2) is 5.85. The first kappa shape index (κ1) is 14.2. The fraction of sp³-hybridized carbons (Fsp3) is 0.267. The molecule has 5 heteroatoms. The summed E-state index contributed by atoms with van der Waals surface area (Å²) >= 11 is 1.47. The van der Waals surface area contributed by atoms with Crippen molar-refractivity contribution >= 4 is 16.3 Å². The summed E-state index contributed by atoms with van der Waals surface area (Å²) in [7, 11) is 3.19. The van der Waals surface area contributed by atoms with E-state index in [0.717, 1.165) is 22.4 Å². The Balaban J connectivity index is 2.65. The molecule has 4 nitrogen and oxygen atoms in total. The molecule has 0 aliphatic rings. The van der Waals surface area contributed by atoms with Crippen LogP contribution in [0.25, 0.3) is 11.1 Å². The molecule has 0 radical (unpaired) electrons. The normalized spacial score (nSPS) is 10.1. The maximum atomic E-state index is 9.32. The molecule has 0 atom stereocenters. The Kier molecular flexibility index (Phi) is 4.16. The SMILES string of the molecule is CCc1sc(N)c(C#N)c1-c1ccc(OC)c(OC)c1. The highest BCUT2D eigenvalue weighted by Gasteiger charge is 2.18. The van der Waals surface area contributed by atoms with Gasteiger partial charge in [0.15, 0.2) is 11.5 Å². The van der Waals surface area contributed by atoms with Gasteiger partial charge >= 0.3 is 0 Å². The summed E-state index contributed by atoms with van der Waals surface area (Å²) in [6.45, 7) is 2.05. The molecule has 2 aromatic rings. The van der Waals surface area contributed by atoms with Crippen LogP contribution in [0.4, 0.5) is 5.00 Å². The van der Waals surface area contributed by atoms with Crippen molar-refractivity contribution in [1.82, 2.24) is 0 Å². The molecule has 0 spiro atoms. The number of nitrogen functional groups attached to an aromatic ring is 1. The van der Waals surface area contributed by atoms with Gasteiger partial charge in [0.1, 0.15) is 11.1 Å². The lowest BCUT2D eigenvalue weighted by Gasteiger charge is -2.10. The average molecular weight is 288 g/mol. The van der Waals surface area contributed by atoms with Crippen LogP contribution in [0.3, 0.4) is 0 Å². The number of aryl methyl sites for hydroxylation is 1. The Morgan fingerprint density at radius 3 is 2.50 bits per heavy atom. The molecule has 0 amide bonds. The Bertz CT molecular complexity index is 671. The van der Waals surface area contributed by atoms with Crippen molar-refractivity contribution in [3.05, 3.63) is 28.6 Å². The summed E-state index contributed by atoms with van der Waals surface area (Å²) in [6, 6.07) is 7.83. The fourth-order valence-electron chi connectivity index (χ4n) is 2.15. The molecule has 0 bridgehead atoms. The van der Waals surface area contributed by atoms with Gasteiger partial charge in [0, 0.05) is 10.4 Å². The summed E-state index contributed by atoms with van der Waals surface area (Å²) in [5.41, 5.74) is 8.29. The van der Waals surface area contributed by atoms with Crippen LogP contribution < -0.4 is 15.2 Å². The minimum Gasteiger partial charge on any atom is -0.493 e. The summed E-state index contributed by atoms with van der Waals surface area (Å²) < 4.78 is 10.5. The molecule has 2 rings (SSSR count). The van der Waals surface area contributed by atoms with Gasteiger partial charge in [-0.1, -0.05) is 13.0 Å². The van der Waals surface area contributed by atoms with E-state index < -0.39 is 0 Å². The van der Waals surface area contributed by atoms with E-state index in [1.807, 2.05) is 18.2 Å². The van der Waals surface area contributed by atoms with Crippen molar-refractivity contribution in [2.75, 3.05) is 20.0 Å². The van der Waals surface area contributed by atoms with Gasteiger partial charge < -0.3 is 15.2 Å². The molecule has 0 fully saturated rings. The lowest BCUT2D eigenvalue weighted by molar-refractivity contribution is 0.355. The molecule has 0 saturated heterocycles. The summed E-state index contributed by atoms with van der Waals surface area (Å²) in [6.07, 6.45) is 0.834. The van der Waals surface area contributed by atoms with Crippen molar-refractivity contribution in [3.63, 3.8) is 0 Å². The number of ether oxygens (including phenoxy) is 2. The Labute approximate surface area is 122 Å². The van der Waals surface area contributed by atoms with Crippen molar-refractivity contribution < 1.29 is 9.47 Å². The number of hydrogen-bond donors (Lipinski definition) is 1. The number of nitrogens with two attached hydrogens (primary N) is 1. The number of rotatable bonds is 4. The van der Waals surface area contributed by atoms with E-state index in [0.29, 0.717) is 22.1 Å². The quantitative estimate of drug-likeness (QED) is 0.935. The van der Waals surface area contributed by atoms with E-state index in [9.17, 15) is 5.26 Å². The zero-order valence-corrected chi connectivity index (χ0v) is 12.5. The zero-order chi connectivity index (χ0) is 14.7. The summed E-state index contributed by atoms with van der Waals surface area (Å²) in [5.74, 6) is 1.30. The van der Waals surface area contributed by atoms with Crippen molar-refractivity contribution in [1.29, 1.82) is 5.26 Å². The number of hydrogen-bond acceptors (Lipinski definition) is 5. The first-order valence-electron chi connectivity index (χ1n) is 6.19. The molecule has 1 aromatic carbocycles. The highest BCUT2D eigenvalue weighted by atomic mass is 32.1. The van der Waals surface area contributed by atoms with Crippen molar-refractivity contribution in [2.24, 2.45) is 0 Å². The number of benzene rings is 1. The van der Waals surface area contributed by atoms with E-state index in [1.165, 1.54) is 11.3 Å². The highest BCUT2D eigenvalue weighted by Crippen LogP contribution is 2.41. The number of thiophene rings is 1. The topological polar surface area (TPSA) is 68.3 Å². The van der Waals surface area contributed by atoms with Crippen molar-refractivity contribution in [2.45, 2.75) is 13.3 Å². The van der Waals surface area contributed by atoms with Gasteiger partial charge in [-0.3, -0.25) is 0 Å². The first-order chi connectivity index (χ1) is 9.65. The molecule has 2 N–H and O–H groups in total. The molecule has 20 heavy (non-hydrogen) atoms. The fourth-order valence-corrected chi connectivity index (χ4v) is 3.14. The van der Waals surface area contributed by atoms with E-state index in [1.54, 1.807) is 14.2 Å². The monoisotopic (exact) mass is 288 g/mol. The third kappa shape index (κ3) is 2.30. The average Bonchev–Trinajstić information content (AvgIpc) is 2.82. The molecule has 0 aliphatic carbocycles. The maximum Gasteiger partial charge on any atom is 0.161 e. The van der Waals surface area contributed by atoms with Crippen LogP contribution >= 0.6 is 11.3 Å². The van der Waals surface area contributed by atoms with Gasteiger partial charge in [0.2, 0.25) is 0 Å². The van der Waals surface area contributed by atoms with Gasteiger partial charge in [0.05, 0.1) is 19.8 Å². The van der Waals surface area contributed by atoms with Crippen LogP contribution in [0.2, 0.25) is 0 Å². The zero-order valence-electron chi connectivity index (χ0n) is 11.7. The van der Waals surface area contributed by atoms with Crippen LogP contribution in [0.1, 0.15) is 17.4 Å². The highest BCUT2D eigenvalue weighted by molar-refractivity contribution is 7.16. The molecular formula is C15H16N2O2S. The number of nitriles is 1. The maximum absolute atomic E-state index is 9.32. The Hall–Kier alpha value is -2.19. The standard InChI is InChI=1S/C15H16N2O2S/c1-4-13-14(10(8-16)15(17)20-13)9-5-6-11(18-2)12(7-9)19-3/h5-7H,4,17H2,1-3H3. The van der Waals surface area contributed by atoms with Crippen molar-refractivity contribution in [3.8, 4) is 28.7 Å². The molecule has 104 valence electrons. The number of methoxy groups -OCH3 is 2. The molecule has 0 aliphatic heterocycles. The van der Waals surface area contributed by atoms with Gasteiger partial charge in [-0.15, -0.1) is 11.3 Å². The largest absolute Gasteiger partial charge is 0.493 e. The van der Waals surface area contributed by atoms with E-state index in [2.05, 4.69) is 13.0 Å². The van der Waals surface area contributed by atoms with E-state index in [-0.39, 0.29) is 0 Å². The lowest BCUT2D eigenvalue weighted by Crippen LogP contribution is -1.92. The van der Waals surface area contributed by atoms with Gasteiger partial charge in [-0.25, -0.2) is 0 Å².